The molecule has 2 aromatic rings. The van der Waals surface area contributed by atoms with Crippen LogP contribution in [0.1, 0.15) is 28.5 Å². The monoisotopic (exact) mass is 293 g/mol. The summed E-state index contributed by atoms with van der Waals surface area (Å²) in [5.74, 6) is -0.0182. The molecule has 0 N–H and O–H groups in total. The Balaban J connectivity index is 2.13. The van der Waals surface area contributed by atoms with Gasteiger partial charge < -0.3 is 0 Å². The molecule has 0 fully saturated rings. The molecule has 0 spiro atoms. The number of carbonyl (C=O) groups is 1. The average Bonchev–Trinajstić information content (AvgIpc) is 2.42. The van der Waals surface area contributed by atoms with E-state index in [-0.39, 0.29) is 12.2 Å². The third kappa shape index (κ3) is 3.55. The number of ketones is 1. The second-order valence-electron chi connectivity index (χ2n) is 4.24. The zero-order valence-electron chi connectivity index (χ0n) is 10.5. The van der Waals surface area contributed by atoms with Crippen molar-refractivity contribution in [3.63, 3.8) is 0 Å². The zero-order chi connectivity index (χ0) is 13.8. The normalized spacial score (nSPS) is 10.5. The first-order valence-corrected chi connectivity index (χ1v) is 6.77. The number of aryl methyl sites for hydroxylation is 1. The molecule has 2 rings (SSSR count). The summed E-state index contributed by atoms with van der Waals surface area (Å²) in [6, 6.07) is 8.77. The predicted molar refractivity (Wildman–Crippen MR) is 78.1 cm³/mol. The molecular weight excluding hydrogens is 281 g/mol. The molecule has 0 bridgehead atoms. The van der Waals surface area contributed by atoms with Crippen molar-refractivity contribution in [1.82, 2.24) is 4.98 Å². The Bertz CT molecular complexity index is 594. The number of hydrogen-bond donors (Lipinski definition) is 0. The average molecular weight is 294 g/mol. The van der Waals surface area contributed by atoms with Crippen LogP contribution in [0.25, 0.3) is 0 Å². The lowest BCUT2D eigenvalue weighted by molar-refractivity contribution is 0.0992. The lowest BCUT2D eigenvalue weighted by Crippen LogP contribution is -2.05. The summed E-state index contributed by atoms with van der Waals surface area (Å²) in [5, 5.41) is 0.838. The van der Waals surface area contributed by atoms with Crippen molar-refractivity contribution >= 4 is 29.0 Å². The maximum atomic E-state index is 12.1. The molecule has 0 aliphatic carbocycles. The van der Waals surface area contributed by atoms with Crippen molar-refractivity contribution in [2.24, 2.45) is 0 Å². The molecule has 2 nitrogen and oxygen atoms in total. The van der Waals surface area contributed by atoms with Gasteiger partial charge in [0.15, 0.2) is 5.78 Å². The predicted octanol–water partition coefficient (Wildman–Crippen LogP) is 4.38. The summed E-state index contributed by atoms with van der Waals surface area (Å²) >= 11 is 11.7. The Morgan fingerprint density at radius 2 is 1.95 bits per heavy atom. The van der Waals surface area contributed by atoms with Crippen LogP contribution in [-0.2, 0) is 12.8 Å². The van der Waals surface area contributed by atoms with E-state index >= 15 is 0 Å². The first-order valence-electron chi connectivity index (χ1n) is 6.02. The van der Waals surface area contributed by atoms with E-state index in [9.17, 15) is 4.79 Å². The van der Waals surface area contributed by atoms with Gasteiger partial charge in [-0.1, -0.05) is 36.2 Å². The molecule has 0 atom stereocenters. The molecule has 0 amide bonds. The lowest BCUT2D eigenvalue weighted by Gasteiger charge is -2.03. The number of halogens is 2. The molecule has 0 aliphatic heterocycles. The van der Waals surface area contributed by atoms with E-state index < -0.39 is 0 Å². The van der Waals surface area contributed by atoms with Crippen molar-refractivity contribution in [1.29, 1.82) is 0 Å². The molecular formula is C15H13Cl2NO. The number of pyridine rings is 1. The number of rotatable bonds is 4. The highest BCUT2D eigenvalue weighted by atomic mass is 35.5. The van der Waals surface area contributed by atoms with Crippen LogP contribution in [0.15, 0.2) is 36.5 Å². The van der Waals surface area contributed by atoms with Gasteiger partial charge in [0.25, 0.3) is 0 Å². The Kier molecular flexibility index (Phi) is 4.56. The molecule has 4 heteroatoms. The van der Waals surface area contributed by atoms with Crippen molar-refractivity contribution in [3.8, 4) is 0 Å². The fourth-order valence-electron chi connectivity index (χ4n) is 1.70. The zero-order valence-corrected chi connectivity index (χ0v) is 12.0. The maximum absolute atomic E-state index is 12.1. The van der Waals surface area contributed by atoms with Crippen LogP contribution in [0, 0.1) is 0 Å². The Morgan fingerprint density at radius 1 is 1.16 bits per heavy atom. The third-order valence-corrected chi connectivity index (χ3v) is 3.62. The lowest BCUT2D eigenvalue weighted by atomic mass is 10.1. The van der Waals surface area contributed by atoms with Gasteiger partial charge >= 0.3 is 0 Å². The van der Waals surface area contributed by atoms with Crippen molar-refractivity contribution < 1.29 is 4.79 Å². The summed E-state index contributed by atoms with van der Waals surface area (Å²) in [6.45, 7) is 2.07. The fraction of sp³-hybridized carbons (Fsp3) is 0.200. The van der Waals surface area contributed by atoms with Gasteiger partial charge in [-0.3, -0.25) is 9.78 Å². The highest BCUT2D eigenvalue weighted by Crippen LogP contribution is 2.23. The Hall–Kier alpha value is -1.38. The number of carbonyl (C=O) groups excluding carboxylic acids is 1. The number of hydrogen-bond acceptors (Lipinski definition) is 2. The first-order chi connectivity index (χ1) is 9.10. The summed E-state index contributed by atoms with van der Waals surface area (Å²) in [5.41, 5.74) is 2.47. The molecule has 1 aromatic heterocycles. The Morgan fingerprint density at radius 3 is 2.53 bits per heavy atom. The van der Waals surface area contributed by atoms with E-state index in [1.807, 2.05) is 12.1 Å². The Labute approximate surface area is 122 Å². The van der Waals surface area contributed by atoms with Gasteiger partial charge in [-0.15, -0.1) is 0 Å². The highest BCUT2D eigenvalue weighted by Gasteiger charge is 2.10. The van der Waals surface area contributed by atoms with E-state index in [4.69, 9.17) is 23.2 Å². The molecule has 0 aliphatic rings. The third-order valence-electron chi connectivity index (χ3n) is 2.88. The second kappa shape index (κ2) is 6.18. The highest BCUT2D eigenvalue weighted by molar-refractivity contribution is 6.42. The van der Waals surface area contributed by atoms with E-state index in [0.717, 1.165) is 17.7 Å². The van der Waals surface area contributed by atoms with Crippen molar-refractivity contribution in [3.05, 3.63) is 63.4 Å². The van der Waals surface area contributed by atoms with E-state index in [1.54, 1.807) is 24.4 Å². The molecule has 98 valence electrons. The van der Waals surface area contributed by atoms with Gasteiger partial charge in [0.1, 0.15) is 0 Å². The molecule has 1 heterocycles. The summed E-state index contributed by atoms with van der Waals surface area (Å²) < 4.78 is 0. The first kappa shape index (κ1) is 14.0. The van der Waals surface area contributed by atoms with Crippen LogP contribution >= 0.6 is 23.2 Å². The SMILES string of the molecule is CCc1ccc(CC(=O)c2ccc(Cl)c(Cl)c2)nc1. The fourth-order valence-corrected chi connectivity index (χ4v) is 2.00. The number of nitrogens with zero attached hydrogens (tertiary/aromatic N) is 1. The van der Waals surface area contributed by atoms with E-state index in [2.05, 4.69) is 11.9 Å². The second-order valence-corrected chi connectivity index (χ2v) is 5.05. The summed E-state index contributed by atoms with van der Waals surface area (Å²) in [6.07, 6.45) is 3.01. The largest absolute Gasteiger partial charge is 0.294 e. The summed E-state index contributed by atoms with van der Waals surface area (Å²) in [4.78, 5) is 16.4. The van der Waals surface area contributed by atoms with E-state index in [1.165, 1.54) is 0 Å². The minimum Gasteiger partial charge on any atom is -0.294 e. The topological polar surface area (TPSA) is 30.0 Å². The maximum Gasteiger partial charge on any atom is 0.168 e. The number of benzene rings is 1. The number of aromatic nitrogens is 1. The van der Waals surface area contributed by atoms with Crippen LogP contribution in [-0.4, -0.2) is 10.8 Å². The molecule has 19 heavy (non-hydrogen) atoms. The molecule has 0 radical (unpaired) electrons. The molecule has 0 unspecified atom stereocenters. The van der Waals surface area contributed by atoms with Crippen LogP contribution in [0.4, 0.5) is 0 Å². The van der Waals surface area contributed by atoms with Gasteiger partial charge in [0.2, 0.25) is 0 Å². The molecule has 0 saturated heterocycles. The van der Waals surface area contributed by atoms with Crippen LogP contribution in [0.5, 0.6) is 0 Å². The number of Topliss-reactive ketones (excluding diaryl/α,β-unsaturated/α-hetero) is 1. The minimum atomic E-state index is -0.0182. The van der Waals surface area contributed by atoms with Crippen molar-refractivity contribution in [2.45, 2.75) is 19.8 Å². The minimum absolute atomic E-state index is 0.0182. The van der Waals surface area contributed by atoms with Crippen molar-refractivity contribution in [2.75, 3.05) is 0 Å². The van der Waals surface area contributed by atoms with Gasteiger partial charge in [0, 0.05) is 17.5 Å². The molecule has 0 saturated carbocycles. The quantitative estimate of drug-likeness (QED) is 0.783. The van der Waals surface area contributed by atoms with Crippen LogP contribution in [0.2, 0.25) is 10.0 Å². The standard InChI is InChI=1S/C15H13Cl2NO/c1-2-10-3-5-12(18-9-10)8-15(19)11-4-6-13(16)14(17)7-11/h3-7,9H,2,8H2,1H3. The van der Waals surface area contributed by atoms with Gasteiger partial charge in [0.05, 0.1) is 16.5 Å². The molecule has 1 aromatic carbocycles. The van der Waals surface area contributed by atoms with Gasteiger partial charge in [-0.2, -0.15) is 0 Å². The van der Waals surface area contributed by atoms with E-state index in [0.29, 0.717) is 15.6 Å². The van der Waals surface area contributed by atoms with Gasteiger partial charge in [-0.25, -0.2) is 0 Å². The van der Waals surface area contributed by atoms with Crippen LogP contribution in [0.3, 0.4) is 0 Å². The van der Waals surface area contributed by atoms with Gasteiger partial charge in [-0.05, 0) is 36.2 Å². The van der Waals surface area contributed by atoms with Crippen LogP contribution < -0.4 is 0 Å². The smallest absolute Gasteiger partial charge is 0.168 e. The summed E-state index contributed by atoms with van der Waals surface area (Å²) in [7, 11) is 0.